The van der Waals surface area contributed by atoms with Crippen LogP contribution in [-0.4, -0.2) is 18.2 Å². The van der Waals surface area contributed by atoms with Gasteiger partial charge in [0.15, 0.2) is 11.7 Å². The molecule has 0 saturated carbocycles. The summed E-state index contributed by atoms with van der Waals surface area (Å²) in [7, 11) is 1.76. The largest absolute Gasteiger partial charge is 0.356 e. The molecule has 0 aliphatic heterocycles. The molecule has 0 spiro atoms. The summed E-state index contributed by atoms with van der Waals surface area (Å²) >= 11 is 0. The number of guanidine groups is 1. The maximum absolute atomic E-state index is 5.42. The van der Waals surface area contributed by atoms with Gasteiger partial charge in [0.1, 0.15) is 5.69 Å². The zero-order valence-corrected chi connectivity index (χ0v) is 14.4. The number of aromatic nitrogens is 1. The van der Waals surface area contributed by atoms with Gasteiger partial charge < -0.3 is 15.2 Å². The van der Waals surface area contributed by atoms with Crippen LogP contribution in [0.3, 0.4) is 0 Å². The SMILES string of the molecule is CN=C(NCc1cc(-c2ccccc2)on1)NC(C)c1ccccc1. The van der Waals surface area contributed by atoms with Gasteiger partial charge in [-0.05, 0) is 12.5 Å². The summed E-state index contributed by atoms with van der Waals surface area (Å²) in [4.78, 5) is 4.27. The van der Waals surface area contributed by atoms with Gasteiger partial charge >= 0.3 is 0 Å². The fourth-order valence-corrected chi connectivity index (χ4v) is 2.53. The molecule has 2 N–H and O–H groups in total. The Bertz CT molecular complexity index is 812. The number of rotatable bonds is 5. The minimum Gasteiger partial charge on any atom is -0.356 e. The van der Waals surface area contributed by atoms with Gasteiger partial charge in [-0.15, -0.1) is 0 Å². The molecule has 1 unspecified atom stereocenters. The smallest absolute Gasteiger partial charge is 0.191 e. The number of nitrogens with zero attached hydrogens (tertiary/aromatic N) is 2. The topological polar surface area (TPSA) is 62.5 Å². The van der Waals surface area contributed by atoms with Crippen molar-refractivity contribution < 1.29 is 4.52 Å². The molecule has 0 bridgehead atoms. The van der Waals surface area contributed by atoms with Crippen LogP contribution in [0.4, 0.5) is 0 Å². The van der Waals surface area contributed by atoms with Crippen LogP contribution in [0.1, 0.15) is 24.2 Å². The molecule has 25 heavy (non-hydrogen) atoms. The molecule has 0 fully saturated rings. The molecule has 0 aliphatic carbocycles. The van der Waals surface area contributed by atoms with Crippen LogP contribution in [-0.2, 0) is 6.54 Å². The monoisotopic (exact) mass is 334 g/mol. The van der Waals surface area contributed by atoms with E-state index in [4.69, 9.17) is 4.52 Å². The first-order valence-electron chi connectivity index (χ1n) is 8.29. The van der Waals surface area contributed by atoms with Crippen LogP contribution < -0.4 is 10.6 Å². The first-order chi connectivity index (χ1) is 12.3. The fourth-order valence-electron chi connectivity index (χ4n) is 2.53. The highest BCUT2D eigenvalue weighted by Gasteiger charge is 2.09. The van der Waals surface area contributed by atoms with Crippen LogP contribution >= 0.6 is 0 Å². The Morgan fingerprint density at radius 3 is 2.44 bits per heavy atom. The quantitative estimate of drug-likeness (QED) is 0.551. The molecule has 2 aromatic carbocycles. The Kier molecular flexibility index (Phi) is 5.46. The molecule has 1 heterocycles. The van der Waals surface area contributed by atoms with E-state index in [1.165, 1.54) is 5.56 Å². The minimum atomic E-state index is 0.157. The van der Waals surface area contributed by atoms with E-state index in [0.717, 1.165) is 23.0 Å². The van der Waals surface area contributed by atoms with E-state index in [0.29, 0.717) is 6.54 Å². The van der Waals surface area contributed by atoms with Gasteiger partial charge in [-0.3, -0.25) is 4.99 Å². The van der Waals surface area contributed by atoms with E-state index >= 15 is 0 Å². The maximum atomic E-state index is 5.42. The molecular weight excluding hydrogens is 312 g/mol. The third kappa shape index (κ3) is 4.47. The second-order valence-electron chi connectivity index (χ2n) is 5.75. The van der Waals surface area contributed by atoms with Crippen molar-refractivity contribution in [2.24, 2.45) is 4.99 Å². The van der Waals surface area contributed by atoms with Gasteiger partial charge in [-0.1, -0.05) is 65.8 Å². The molecule has 3 aromatic rings. The molecule has 0 amide bonds. The maximum Gasteiger partial charge on any atom is 0.191 e. The summed E-state index contributed by atoms with van der Waals surface area (Å²) in [6.45, 7) is 2.64. The van der Waals surface area contributed by atoms with Crippen molar-refractivity contribution in [2.45, 2.75) is 19.5 Å². The van der Waals surface area contributed by atoms with E-state index in [9.17, 15) is 0 Å². The number of hydrogen-bond acceptors (Lipinski definition) is 3. The lowest BCUT2D eigenvalue weighted by Crippen LogP contribution is -2.38. The van der Waals surface area contributed by atoms with Crippen LogP contribution in [0.5, 0.6) is 0 Å². The number of nitrogens with one attached hydrogen (secondary N) is 2. The lowest BCUT2D eigenvalue weighted by atomic mass is 10.1. The van der Waals surface area contributed by atoms with E-state index in [2.05, 4.69) is 39.8 Å². The molecule has 1 atom stereocenters. The third-order valence-electron chi connectivity index (χ3n) is 3.93. The van der Waals surface area contributed by atoms with Crippen molar-refractivity contribution in [1.29, 1.82) is 0 Å². The first-order valence-corrected chi connectivity index (χ1v) is 8.29. The predicted molar refractivity (Wildman–Crippen MR) is 100 cm³/mol. The van der Waals surface area contributed by atoms with Crippen molar-refractivity contribution in [3.8, 4) is 11.3 Å². The zero-order chi connectivity index (χ0) is 17.5. The number of hydrogen-bond donors (Lipinski definition) is 2. The molecule has 5 nitrogen and oxygen atoms in total. The Hall–Kier alpha value is -3.08. The van der Waals surface area contributed by atoms with Crippen molar-refractivity contribution in [1.82, 2.24) is 15.8 Å². The zero-order valence-electron chi connectivity index (χ0n) is 14.4. The Morgan fingerprint density at radius 1 is 1.08 bits per heavy atom. The van der Waals surface area contributed by atoms with E-state index in [1.807, 2.05) is 54.6 Å². The summed E-state index contributed by atoms with van der Waals surface area (Å²) in [5, 5.41) is 10.8. The van der Waals surface area contributed by atoms with Crippen molar-refractivity contribution in [3.63, 3.8) is 0 Å². The Labute approximate surface area is 147 Å². The highest BCUT2D eigenvalue weighted by Crippen LogP contribution is 2.19. The van der Waals surface area contributed by atoms with Gasteiger partial charge in [0.2, 0.25) is 0 Å². The van der Waals surface area contributed by atoms with Crippen LogP contribution in [0.25, 0.3) is 11.3 Å². The lowest BCUT2D eigenvalue weighted by Gasteiger charge is -2.17. The second-order valence-corrected chi connectivity index (χ2v) is 5.75. The van der Waals surface area contributed by atoms with Crippen LogP contribution in [0.2, 0.25) is 0 Å². The molecule has 1 aromatic heterocycles. The summed E-state index contributed by atoms with van der Waals surface area (Å²) in [6, 6.07) is 22.3. The van der Waals surface area contributed by atoms with Gasteiger partial charge in [0.05, 0.1) is 12.6 Å². The van der Waals surface area contributed by atoms with Crippen molar-refractivity contribution in [3.05, 3.63) is 78.0 Å². The van der Waals surface area contributed by atoms with Gasteiger partial charge in [-0.2, -0.15) is 0 Å². The van der Waals surface area contributed by atoms with Crippen LogP contribution in [0.15, 0.2) is 76.2 Å². The Morgan fingerprint density at radius 2 is 1.76 bits per heavy atom. The van der Waals surface area contributed by atoms with E-state index < -0.39 is 0 Å². The summed E-state index contributed by atoms with van der Waals surface area (Å²) in [5.74, 6) is 1.48. The molecule has 3 rings (SSSR count). The predicted octanol–water partition coefficient (Wildman–Crippen LogP) is 3.77. The second kappa shape index (κ2) is 8.15. The summed E-state index contributed by atoms with van der Waals surface area (Å²) in [5.41, 5.74) is 3.05. The molecule has 128 valence electrons. The van der Waals surface area contributed by atoms with Gasteiger partial charge in [-0.25, -0.2) is 0 Å². The molecular formula is C20H22N4O. The first kappa shape index (κ1) is 16.8. The van der Waals surface area contributed by atoms with Crippen LogP contribution in [0, 0.1) is 0 Å². The van der Waals surface area contributed by atoms with E-state index in [-0.39, 0.29) is 6.04 Å². The van der Waals surface area contributed by atoms with Gasteiger partial charge in [0.25, 0.3) is 0 Å². The molecule has 0 aliphatic rings. The summed E-state index contributed by atoms with van der Waals surface area (Å²) < 4.78 is 5.42. The molecule has 5 heteroatoms. The highest BCUT2D eigenvalue weighted by atomic mass is 16.5. The average Bonchev–Trinajstić information content (AvgIpc) is 3.15. The standard InChI is InChI=1S/C20H22N4O/c1-15(16-9-5-3-6-10-16)23-20(21-2)22-14-18-13-19(25-24-18)17-11-7-4-8-12-17/h3-13,15H,14H2,1-2H3,(H2,21,22,23). The number of aliphatic imine (C=N–C) groups is 1. The molecule has 0 saturated heterocycles. The Balaban J connectivity index is 1.58. The lowest BCUT2D eigenvalue weighted by molar-refractivity contribution is 0.422. The van der Waals surface area contributed by atoms with E-state index in [1.54, 1.807) is 7.05 Å². The van der Waals surface area contributed by atoms with Crippen molar-refractivity contribution in [2.75, 3.05) is 7.05 Å². The van der Waals surface area contributed by atoms with Crippen molar-refractivity contribution >= 4 is 5.96 Å². The third-order valence-corrected chi connectivity index (χ3v) is 3.93. The number of benzene rings is 2. The average molecular weight is 334 g/mol. The minimum absolute atomic E-state index is 0.157. The normalized spacial score (nSPS) is 12.6. The van der Waals surface area contributed by atoms with Gasteiger partial charge in [0, 0.05) is 18.7 Å². The highest BCUT2D eigenvalue weighted by molar-refractivity contribution is 5.80. The molecule has 0 radical (unpaired) electrons. The summed E-state index contributed by atoms with van der Waals surface area (Å²) in [6.07, 6.45) is 0. The fraction of sp³-hybridized carbons (Fsp3) is 0.200.